The Hall–Kier alpha value is -2.11. The van der Waals surface area contributed by atoms with E-state index in [-0.39, 0.29) is 44.1 Å². The van der Waals surface area contributed by atoms with Crippen molar-refractivity contribution >= 4 is 18.3 Å². The topological polar surface area (TPSA) is 158 Å². The van der Waals surface area contributed by atoms with Gasteiger partial charge in [-0.15, -0.1) is 0 Å². The van der Waals surface area contributed by atoms with Gasteiger partial charge in [0.1, 0.15) is 37.6 Å². The maximum atomic E-state index is 11.6. The number of hydrogen-bond donors (Lipinski definition) is 3. The average Bonchev–Trinajstić information content (AvgIpc) is 3.02. The molecule has 3 aliphatic rings. The van der Waals surface area contributed by atoms with Crippen LogP contribution < -0.4 is 0 Å². The molecule has 1 unspecified atom stereocenters. The first kappa shape index (κ1) is 45.9. The molecule has 3 aliphatic carbocycles. The molecule has 0 bridgehead atoms. The van der Waals surface area contributed by atoms with E-state index >= 15 is 0 Å². The van der Waals surface area contributed by atoms with E-state index in [9.17, 15) is 14.4 Å². The summed E-state index contributed by atoms with van der Waals surface area (Å²) >= 11 is 0. The van der Waals surface area contributed by atoms with Crippen molar-refractivity contribution in [2.24, 2.45) is 53.3 Å². The van der Waals surface area contributed by atoms with Crippen molar-refractivity contribution < 1.29 is 53.4 Å². The third kappa shape index (κ3) is 17.9. The molecule has 3 rings (SSSR count). The van der Waals surface area contributed by atoms with Gasteiger partial charge in [0.05, 0.1) is 13.2 Å². The summed E-state index contributed by atoms with van der Waals surface area (Å²) in [6.07, 6.45) is 7.42. The van der Waals surface area contributed by atoms with E-state index < -0.39 is 25.0 Å². The highest BCUT2D eigenvalue weighted by Gasteiger charge is 2.35. The summed E-state index contributed by atoms with van der Waals surface area (Å²) in [4.78, 5) is 33.9. The predicted molar refractivity (Wildman–Crippen MR) is 192 cm³/mol. The highest BCUT2D eigenvalue weighted by atomic mass is 16.7. The molecule has 11 nitrogen and oxygen atoms in total. The molecule has 0 aromatic rings. The second-order valence-corrected chi connectivity index (χ2v) is 16.2. The van der Waals surface area contributed by atoms with E-state index in [0.717, 1.165) is 32.1 Å². The van der Waals surface area contributed by atoms with E-state index in [1.54, 1.807) is 0 Å². The van der Waals surface area contributed by atoms with Crippen molar-refractivity contribution in [3.63, 3.8) is 0 Å². The van der Waals surface area contributed by atoms with Crippen LogP contribution in [0.2, 0.25) is 0 Å². The smallest absolute Gasteiger partial charge is 0.462 e. The number of carbonyl (C=O) groups excluding carboxylic acids is 3. The number of hydrogen-bond acceptors (Lipinski definition) is 11. The summed E-state index contributed by atoms with van der Waals surface area (Å²) < 4.78 is 25.7. The monoisotopic (exact) mass is 717 g/mol. The Kier molecular flexibility index (Phi) is 22.2. The van der Waals surface area contributed by atoms with Gasteiger partial charge in [0.15, 0.2) is 0 Å². The molecule has 0 amide bonds. The lowest BCUT2D eigenvalue weighted by molar-refractivity contribution is -0.153. The fraction of sp³-hybridized carbons (Fsp3) is 0.923. The Bertz CT molecular complexity index is 954. The largest absolute Gasteiger partial charge is 0.508 e. The molecule has 294 valence electrons. The third-order valence-corrected chi connectivity index (χ3v) is 10.6. The summed E-state index contributed by atoms with van der Waals surface area (Å²) in [6.45, 7) is 20.3. The molecule has 0 aromatic carbocycles. The standard InChI is InChI=1S/C14H26O5.C13H24O4.C12H22O2/c1-9(2)12-5-4-10(3)6-13(12)19-14(17)18-8-11(16)7-15;1-9(2)11-5-4-10(3)8-12(11)17-13(15)16-7-6-14;1-8(2)11-6-5-9(3)7-12(11)14-10(4)13/h9-13,15-16H,4-8H2,1-3H3;9-12,14H,4-8H2,1-3H3;8-9,11-12H,5-7H2,1-4H3/t10-,11?,12+,13-;10-,11+,12-;9-,11+,12-/m111/s1. The quantitative estimate of drug-likeness (QED) is 0.143. The van der Waals surface area contributed by atoms with Gasteiger partial charge in [-0.3, -0.25) is 4.79 Å². The molecular weight excluding hydrogens is 644 g/mol. The molecule has 3 fully saturated rings. The van der Waals surface area contributed by atoms with Gasteiger partial charge in [-0.25, -0.2) is 9.59 Å². The molecule has 0 heterocycles. The molecule has 3 saturated carbocycles. The Morgan fingerprint density at radius 3 is 1.28 bits per heavy atom. The molecule has 10 atom stereocenters. The van der Waals surface area contributed by atoms with Gasteiger partial charge < -0.3 is 39.0 Å². The zero-order valence-corrected chi connectivity index (χ0v) is 32.8. The zero-order chi connectivity index (χ0) is 38.0. The van der Waals surface area contributed by atoms with Gasteiger partial charge in [0.25, 0.3) is 0 Å². The van der Waals surface area contributed by atoms with Crippen LogP contribution in [-0.2, 0) is 28.5 Å². The number of rotatable bonds is 11. The highest BCUT2D eigenvalue weighted by molar-refractivity contribution is 5.66. The van der Waals surface area contributed by atoms with Crippen molar-refractivity contribution in [1.82, 2.24) is 0 Å². The normalized spacial score (nSPS) is 30.2. The highest BCUT2D eigenvalue weighted by Crippen LogP contribution is 2.37. The summed E-state index contributed by atoms with van der Waals surface area (Å²) in [5, 5.41) is 26.3. The van der Waals surface area contributed by atoms with Crippen LogP contribution in [0.25, 0.3) is 0 Å². The molecular formula is C39H72O11. The lowest BCUT2D eigenvalue weighted by Crippen LogP contribution is -2.36. The van der Waals surface area contributed by atoms with Crippen molar-refractivity contribution in [3.8, 4) is 0 Å². The van der Waals surface area contributed by atoms with Gasteiger partial charge in [-0.2, -0.15) is 0 Å². The van der Waals surface area contributed by atoms with Crippen LogP contribution in [0.5, 0.6) is 0 Å². The van der Waals surface area contributed by atoms with Crippen LogP contribution >= 0.6 is 0 Å². The van der Waals surface area contributed by atoms with Gasteiger partial charge in [-0.05, 0) is 91.8 Å². The number of aliphatic hydroxyl groups excluding tert-OH is 3. The van der Waals surface area contributed by atoms with E-state index in [2.05, 4.69) is 62.3 Å². The maximum Gasteiger partial charge on any atom is 0.508 e. The van der Waals surface area contributed by atoms with Crippen LogP contribution in [-0.4, -0.2) is 84.4 Å². The Labute approximate surface area is 302 Å². The van der Waals surface area contributed by atoms with Crippen molar-refractivity contribution in [2.45, 2.75) is 151 Å². The van der Waals surface area contributed by atoms with Gasteiger partial charge in [0, 0.05) is 6.92 Å². The number of esters is 1. The van der Waals surface area contributed by atoms with Crippen LogP contribution in [0.15, 0.2) is 0 Å². The molecule has 50 heavy (non-hydrogen) atoms. The third-order valence-electron chi connectivity index (χ3n) is 10.6. The summed E-state index contributed by atoms with van der Waals surface area (Å²) in [5.74, 6) is 4.67. The Balaban J connectivity index is 0.000000379. The SMILES string of the molecule is CC(=O)O[C@@H]1C[C@H](C)CC[C@H]1C(C)C.CC(C)[C@@H]1CC[C@@H](C)C[C@H]1OC(=O)OCC(O)CO.CC(C)[C@@H]1CC[C@@H](C)C[C@H]1OC(=O)OCCO. The van der Waals surface area contributed by atoms with Crippen LogP contribution in [0, 0.1) is 53.3 Å². The van der Waals surface area contributed by atoms with Crippen LogP contribution in [0.3, 0.4) is 0 Å². The second-order valence-electron chi connectivity index (χ2n) is 16.2. The average molecular weight is 717 g/mol. The molecule has 0 radical (unpaired) electrons. The van der Waals surface area contributed by atoms with Gasteiger partial charge in [0.2, 0.25) is 0 Å². The summed E-state index contributed by atoms with van der Waals surface area (Å²) in [5.41, 5.74) is 0. The lowest BCUT2D eigenvalue weighted by Gasteiger charge is -2.36. The van der Waals surface area contributed by atoms with Crippen molar-refractivity contribution in [3.05, 3.63) is 0 Å². The molecule has 0 aliphatic heterocycles. The molecule has 0 aromatic heterocycles. The lowest BCUT2D eigenvalue weighted by atomic mass is 9.75. The van der Waals surface area contributed by atoms with E-state index in [0.29, 0.717) is 53.3 Å². The maximum absolute atomic E-state index is 11.6. The molecule has 3 N–H and O–H groups in total. The molecule has 11 heteroatoms. The minimum atomic E-state index is -1.04. The first-order valence-corrected chi connectivity index (χ1v) is 19.2. The van der Waals surface area contributed by atoms with Gasteiger partial charge in [-0.1, -0.05) is 81.6 Å². The first-order valence-electron chi connectivity index (χ1n) is 19.2. The Morgan fingerprint density at radius 2 is 0.960 bits per heavy atom. The predicted octanol–water partition coefficient (Wildman–Crippen LogP) is 7.56. The van der Waals surface area contributed by atoms with E-state index in [1.807, 2.05) is 0 Å². The molecule has 0 saturated heterocycles. The van der Waals surface area contributed by atoms with Crippen LogP contribution in [0.1, 0.15) is 127 Å². The van der Waals surface area contributed by atoms with Crippen molar-refractivity contribution in [2.75, 3.05) is 26.4 Å². The second kappa shape index (κ2) is 24.2. The van der Waals surface area contributed by atoms with Crippen molar-refractivity contribution in [1.29, 1.82) is 0 Å². The Morgan fingerprint density at radius 1 is 0.600 bits per heavy atom. The molecule has 0 spiro atoms. The fourth-order valence-corrected chi connectivity index (χ4v) is 7.62. The first-order chi connectivity index (χ1) is 23.5. The number of ether oxygens (including phenoxy) is 5. The van der Waals surface area contributed by atoms with E-state index in [1.165, 1.54) is 32.6 Å². The summed E-state index contributed by atoms with van der Waals surface area (Å²) in [6, 6.07) is 0. The minimum Gasteiger partial charge on any atom is -0.462 e. The van der Waals surface area contributed by atoms with E-state index in [4.69, 9.17) is 39.0 Å². The number of aliphatic hydroxyl groups is 3. The fourth-order valence-electron chi connectivity index (χ4n) is 7.62. The zero-order valence-electron chi connectivity index (χ0n) is 32.8. The summed E-state index contributed by atoms with van der Waals surface area (Å²) in [7, 11) is 0. The minimum absolute atomic E-state index is 0.00739. The van der Waals surface area contributed by atoms with Crippen LogP contribution in [0.4, 0.5) is 9.59 Å². The number of carbonyl (C=O) groups is 3. The van der Waals surface area contributed by atoms with Gasteiger partial charge >= 0.3 is 18.3 Å².